The first-order chi connectivity index (χ1) is 3.39. The number of nitrogens with zero attached hydrogens (tertiary/aromatic N) is 3. The Morgan fingerprint density at radius 2 is 2.57 bits per heavy atom. The highest BCUT2D eigenvalue weighted by atomic mass is 16.3. The molecule has 0 bridgehead atoms. The van der Waals surface area contributed by atoms with Crippen LogP contribution in [0.25, 0.3) is 0 Å². The lowest BCUT2D eigenvalue weighted by Crippen LogP contribution is -1.80. The van der Waals surface area contributed by atoms with Gasteiger partial charge in [-0.1, -0.05) is 0 Å². The molecule has 35 valence electrons. The first-order valence-electron chi connectivity index (χ1n) is 1.64. The Kier molecular flexibility index (Phi) is 0.856. The standard InChI is InChI=1S/C3H2N3O/c7-3-1-4-2-5-6-3/h1H,(H,6,7). The third-order valence-corrected chi connectivity index (χ3v) is 0.435. The van der Waals surface area contributed by atoms with Crippen molar-refractivity contribution in [2.75, 3.05) is 0 Å². The van der Waals surface area contributed by atoms with Gasteiger partial charge in [0.15, 0.2) is 0 Å². The molecule has 0 aromatic carbocycles. The Bertz CT molecular complexity index is 140. The first kappa shape index (κ1) is 3.98. The van der Waals surface area contributed by atoms with Crippen molar-refractivity contribution in [3.63, 3.8) is 0 Å². The van der Waals surface area contributed by atoms with Gasteiger partial charge in [-0.05, 0) is 0 Å². The van der Waals surface area contributed by atoms with Gasteiger partial charge >= 0.3 is 0 Å². The highest BCUT2D eigenvalue weighted by Gasteiger charge is 1.80. The summed E-state index contributed by atoms with van der Waals surface area (Å²) in [6.07, 6.45) is 3.32. The first-order valence-corrected chi connectivity index (χ1v) is 1.64. The quantitative estimate of drug-likeness (QED) is 0.467. The molecule has 0 atom stereocenters. The average Bonchev–Trinajstić information content (AvgIpc) is 1.69. The molecule has 0 saturated carbocycles. The third-order valence-electron chi connectivity index (χ3n) is 0.435. The molecule has 1 radical (unpaired) electrons. The van der Waals surface area contributed by atoms with Gasteiger partial charge in [0, 0.05) is 0 Å². The Morgan fingerprint density at radius 1 is 1.71 bits per heavy atom. The average molecular weight is 96.1 g/mol. The molecule has 4 nitrogen and oxygen atoms in total. The highest BCUT2D eigenvalue weighted by Crippen LogP contribution is 1.90. The van der Waals surface area contributed by atoms with Crippen molar-refractivity contribution in [3.8, 4) is 5.88 Å². The van der Waals surface area contributed by atoms with Crippen molar-refractivity contribution < 1.29 is 5.11 Å². The molecule has 7 heavy (non-hydrogen) atoms. The molecule has 0 amide bonds. The van der Waals surface area contributed by atoms with Gasteiger partial charge in [-0.25, -0.2) is 4.98 Å². The molecular formula is C3H2N3O. The molecule has 4 heteroatoms. The van der Waals surface area contributed by atoms with Gasteiger partial charge in [0.25, 0.3) is 0 Å². The number of aromatic nitrogens is 3. The molecule has 0 fully saturated rings. The van der Waals surface area contributed by atoms with E-state index in [4.69, 9.17) is 5.11 Å². The van der Waals surface area contributed by atoms with Crippen molar-refractivity contribution >= 4 is 0 Å². The van der Waals surface area contributed by atoms with Crippen LogP contribution in [0.4, 0.5) is 0 Å². The Balaban J connectivity index is 3.02. The van der Waals surface area contributed by atoms with Gasteiger partial charge < -0.3 is 5.11 Å². The van der Waals surface area contributed by atoms with Gasteiger partial charge in [-0.2, -0.15) is 0 Å². The third kappa shape index (κ3) is 0.819. The van der Waals surface area contributed by atoms with Gasteiger partial charge in [0.05, 0.1) is 6.20 Å². The van der Waals surface area contributed by atoms with Crippen molar-refractivity contribution in [2.24, 2.45) is 0 Å². The maximum Gasteiger partial charge on any atom is 0.249 e. The molecule has 1 aromatic heterocycles. The molecule has 0 aliphatic heterocycles. The van der Waals surface area contributed by atoms with Gasteiger partial charge in [-0.15, -0.1) is 10.2 Å². The molecule has 0 spiro atoms. The summed E-state index contributed by atoms with van der Waals surface area (Å²) >= 11 is 0. The zero-order valence-electron chi connectivity index (χ0n) is 3.37. The van der Waals surface area contributed by atoms with E-state index in [2.05, 4.69) is 21.5 Å². The Labute approximate surface area is 39.9 Å². The van der Waals surface area contributed by atoms with E-state index in [1.54, 1.807) is 0 Å². The van der Waals surface area contributed by atoms with Crippen LogP contribution < -0.4 is 0 Å². The minimum absolute atomic E-state index is 0.182. The van der Waals surface area contributed by atoms with E-state index >= 15 is 0 Å². The molecule has 0 aliphatic carbocycles. The molecular weight excluding hydrogens is 94.1 g/mol. The highest BCUT2D eigenvalue weighted by molar-refractivity contribution is 4.92. The van der Waals surface area contributed by atoms with Gasteiger partial charge in [-0.3, -0.25) is 0 Å². The minimum atomic E-state index is -0.182. The van der Waals surface area contributed by atoms with Crippen molar-refractivity contribution in [1.82, 2.24) is 15.2 Å². The fraction of sp³-hybridized carbons (Fsp3) is 0. The van der Waals surface area contributed by atoms with Crippen LogP contribution in [-0.2, 0) is 0 Å². The lowest BCUT2D eigenvalue weighted by Gasteiger charge is -1.78. The molecule has 0 unspecified atom stereocenters. The predicted molar refractivity (Wildman–Crippen MR) is 20.3 cm³/mol. The van der Waals surface area contributed by atoms with Crippen molar-refractivity contribution in [2.45, 2.75) is 0 Å². The van der Waals surface area contributed by atoms with E-state index in [0.717, 1.165) is 6.20 Å². The van der Waals surface area contributed by atoms with Gasteiger partial charge in [0.2, 0.25) is 12.2 Å². The summed E-state index contributed by atoms with van der Waals surface area (Å²) in [5, 5.41) is 14.7. The van der Waals surface area contributed by atoms with Crippen LogP contribution >= 0.6 is 0 Å². The summed E-state index contributed by atoms with van der Waals surface area (Å²) in [5.74, 6) is -0.182. The summed E-state index contributed by atoms with van der Waals surface area (Å²) < 4.78 is 0. The number of aromatic hydroxyl groups is 1. The summed E-state index contributed by atoms with van der Waals surface area (Å²) in [7, 11) is 0. The zero-order valence-corrected chi connectivity index (χ0v) is 3.37. The van der Waals surface area contributed by atoms with E-state index in [1.807, 2.05) is 0 Å². The summed E-state index contributed by atoms with van der Waals surface area (Å²) in [5.41, 5.74) is 0. The lowest BCUT2D eigenvalue weighted by molar-refractivity contribution is 0.440. The van der Waals surface area contributed by atoms with E-state index in [9.17, 15) is 0 Å². The van der Waals surface area contributed by atoms with E-state index < -0.39 is 0 Å². The van der Waals surface area contributed by atoms with E-state index in [-0.39, 0.29) is 5.88 Å². The van der Waals surface area contributed by atoms with Crippen LogP contribution in [0, 0.1) is 6.33 Å². The summed E-state index contributed by atoms with van der Waals surface area (Å²) in [4.78, 5) is 3.34. The molecule has 1 rings (SSSR count). The van der Waals surface area contributed by atoms with Crippen molar-refractivity contribution in [3.05, 3.63) is 12.5 Å². The number of rotatable bonds is 0. The van der Waals surface area contributed by atoms with Crippen LogP contribution in [-0.4, -0.2) is 20.3 Å². The second kappa shape index (κ2) is 1.51. The van der Waals surface area contributed by atoms with E-state index in [0.29, 0.717) is 0 Å². The van der Waals surface area contributed by atoms with E-state index in [1.165, 1.54) is 0 Å². The SMILES string of the molecule is Oc1cn[c]nn1. The lowest BCUT2D eigenvalue weighted by atomic mass is 10.8. The monoisotopic (exact) mass is 96.0 g/mol. The summed E-state index contributed by atoms with van der Waals surface area (Å²) in [6, 6.07) is 0. The molecule has 0 aliphatic rings. The second-order valence-electron chi connectivity index (χ2n) is 0.916. The van der Waals surface area contributed by atoms with Crippen LogP contribution in [0.15, 0.2) is 6.20 Å². The molecule has 0 saturated heterocycles. The Morgan fingerprint density at radius 3 is 2.86 bits per heavy atom. The topological polar surface area (TPSA) is 58.9 Å². The minimum Gasteiger partial charge on any atom is -0.491 e. The number of hydrogen-bond acceptors (Lipinski definition) is 4. The summed E-state index contributed by atoms with van der Waals surface area (Å²) in [6.45, 7) is 0. The molecule has 1 N–H and O–H groups in total. The maximum absolute atomic E-state index is 8.38. The maximum atomic E-state index is 8.38. The number of hydrogen-bond donors (Lipinski definition) is 1. The zero-order chi connectivity index (χ0) is 5.11. The molecule has 1 heterocycles. The smallest absolute Gasteiger partial charge is 0.249 e. The normalized spacial score (nSPS) is 8.57. The van der Waals surface area contributed by atoms with Crippen molar-refractivity contribution in [1.29, 1.82) is 0 Å². The van der Waals surface area contributed by atoms with Crippen LogP contribution in [0.1, 0.15) is 0 Å². The second-order valence-corrected chi connectivity index (χ2v) is 0.916. The van der Waals surface area contributed by atoms with Crippen LogP contribution in [0.5, 0.6) is 5.88 Å². The van der Waals surface area contributed by atoms with Crippen LogP contribution in [0.3, 0.4) is 0 Å². The largest absolute Gasteiger partial charge is 0.491 e. The fourth-order valence-corrected chi connectivity index (χ4v) is 0.212. The fourth-order valence-electron chi connectivity index (χ4n) is 0.212. The van der Waals surface area contributed by atoms with Gasteiger partial charge in [0.1, 0.15) is 0 Å². The predicted octanol–water partition coefficient (Wildman–Crippen LogP) is -0.623. The Hall–Kier alpha value is -1.19. The van der Waals surface area contributed by atoms with Crippen LogP contribution in [0.2, 0.25) is 0 Å². The molecule has 1 aromatic rings.